The summed E-state index contributed by atoms with van der Waals surface area (Å²) in [5.74, 6) is 0. The summed E-state index contributed by atoms with van der Waals surface area (Å²) in [7, 11) is 4.23. The van der Waals surface area contributed by atoms with Gasteiger partial charge in [0.05, 0.1) is 0 Å². The van der Waals surface area contributed by atoms with Crippen LogP contribution in [0.2, 0.25) is 5.02 Å². The topological polar surface area (TPSA) is 31.1 Å². The number of hydrogen-bond donors (Lipinski definition) is 2. The number of aromatic amines is 1. The number of nitrogens with one attached hydrogen (secondary N) is 2. The zero-order valence-electron chi connectivity index (χ0n) is 12.8. The van der Waals surface area contributed by atoms with Gasteiger partial charge in [-0.05, 0) is 37.2 Å². The molecule has 0 saturated carbocycles. The van der Waals surface area contributed by atoms with E-state index in [0.29, 0.717) is 0 Å². The van der Waals surface area contributed by atoms with Gasteiger partial charge in [0.2, 0.25) is 0 Å². The van der Waals surface area contributed by atoms with E-state index >= 15 is 0 Å². The molecule has 0 amide bonds. The summed E-state index contributed by atoms with van der Waals surface area (Å²) in [4.78, 5) is 5.51. The van der Waals surface area contributed by atoms with E-state index in [1.165, 1.54) is 10.9 Å². The van der Waals surface area contributed by atoms with Crippen molar-refractivity contribution in [3.63, 3.8) is 0 Å². The first-order valence-electron chi connectivity index (χ1n) is 6.98. The van der Waals surface area contributed by atoms with Crippen molar-refractivity contribution in [1.29, 1.82) is 0 Å². The quantitative estimate of drug-likeness (QED) is 0.854. The third-order valence-electron chi connectivity index (χ3n) is 3.39. The van der Waals surface area contributed by atoms with Crippen LogP contribution in [-0.4, -0.2) is 37.1 Å². The molecular formula is C16H24ClN3. The highest BCUT2D eigenvalue weighted by molar-refractivity contribution is 6.31. The number of benzene rings is 1. The predicted molar refractivity (Wildman–Crippen MR) is 87.4 cm³/mol. The number of H-pyrrole nitrogens is 1. The lowest BCUT2D eigenvalue weighted by molar-refractivity contribution is 0.232. The van der Waals surface area contributed by atoms with Crippen LogP contribution in [0.5, 0.6) is 0 Å². The molecule has 2 N–H and O–H groups in total. The third-order valence-corrected chi connectivity index (χ3v) is 3.63. The summed E-state index contributed by atoms with van der Waals surface area (Å²) in [6.45, 7) is 7.51. The Morgan fingerprint density at radius 1 is 1.30 bits per heavy atom. The second-order valence-electron chi connectivity index (χ2n) is 6.51. The van der Waals surface area contributed by atoms with Crippen LogP contribution in [0.25, 0.3) is 10.9 Å². The molecule has 2 aromatic rings. The summed E-state index contributed by atoms with van der Waals surface area (Å²) in [6.07, 6.45) is 2.06. The average molecular weight is 294 g/mol. The van der Waals surface area contributed by atoms with Gasteiger partial charge in [-0.1, -0.05) is 31.5 Å². The lowest BCUT2D eigenvalue weighted by Crippen LogP contribution is -2.37. The van der Waals surface area contributed by atoms with Crippen LogP contribution in [0, 0.1) is 5.41 Å². The molecule has 0 radical (unpaired) electrons. The minimum atomic E-state index is 0.263. The van der Waals surface area contributed by atoms with E-state index in [1.807, 2.05) is 12.1 Å². The minimum absolute atomic E-state index is 0.263. The van der Waals surface area contributed by atoms with Crippen molar-refractivity contribution in [2.24, 2.45) is 5.41 Å². The molecule has 0 atom stereocenters. The Balaban J connectivity index is 1.96. The van der Waals surface area contributed by atoms with E-state index in [9.17, 15) is 0 Å². The molecule has 3 nitrogen and oxygen atoms in total. The normalized spacial score (nSPS) is 12.5. The Hall–Kier alpha value is -1.03. The Labute approximate surface area is 126 Å². The smallest absolute Gasteiger partial charge is 0.0472 e. The molecular weight excluding hydrogens is 270 g/mol. The van der Waals surface area contributed by atoms with Crippen molar-refractivity contribution in [3.05, 3.63) is 35.0 Å². The average Bonchev–Trinajstić information content (AvgIpc) is 2.69. The largest absolute Gasteiger partial charge is 0.361 e. The number of aromatic nitrogens is 1. The lowest BCUT2D eigenvalue weighted by Gasteiger charge is -2.28. The van der Waals surface area contributed by atoms with E-state index in [-0.39, 0.29) is 5.41 Å². The Morgan fingerprint density at radius 3 is 2.75 bits per heavy atom. The van der Waals surface area contributed by atoms with Gasteiger partial charge < -0.3 is 15.2 Å². The second-order valence-corrected chi connectivity index (χ2v) is 6.95. The van der Waals surface area contributed by atoms with E-state index < -0.39 is 0 Å². The molecule has 0 fully saturated rings. The maximum Gasteiger partial charge on any atom is 0.0472 e. The number of fused-ring (bicyclic) bond motifs is 1. The Kier molecular flexibility index (Phi) is 4.74. The Bertz CT molecular complexity index is 572. The first kappa shape index (κ1) is 15.4. The van der Waals surface area contributed by atoms with Crippen LogP contribution in [0.4, 0.5) is 0 Å². The number of halogens is 1. The fraction of sp³-hybridized carbons (Fsp3) is 0.500. The highest BCUT2D eigenvalue weighted by atomic mass is 35.5. The Morgan fingerprint density at radius 2 is 2.05 bits per heavy atom. The van der Waals surface area contributed by atoms with Crippen molar-refractivity contribution in [2.75, 3.05) is 27.2 Å². The molecule has 0 aliphatic heterocycles. The van der Waals surface area contributed by atoms with Gasteiger partial charge in [0.1, 0.15) is 0 Å². The summed E-state index contributed by atoms with van der Waals surface area (Å²) >= 11 is 6.00. The monoisotopic (exact) mass is 293 g/mol. The van der Waals surface area contributed by atoms with Crippen molar-refractivity contribution < 1.29 is 0 Å². The molecule has 4 heteroatoms. The summed E-state index contributed by atoms with van der Waals surface area (Å²) in [5.41, 5.74) is 2.65. The summed E-state index contributed by atoms with van der Waals surface area (Å²) in [6, 6.07) is 5.99. The van der Waals surface area contributed by atoms with Gasteiger partial charge in [-0.15, -0.1) is 0 Å². The molecule has 1 aromatic carbocycles. The summed E-state index contributed by atoms with van der Waals surface area (Å²) < 4.78 is 0. The summed E-state index contributed by atoms with van der Waals surface area (Å²) in [5, 5.41) is 5.57. The molecule has 2 rings (SSSR count). The van der Waals surface area contributed by atoms with Crippen molar-refractivity contribution >= 4 is 22.5 Å². The molecule has 1 aromatic heterocycles. The molecule has 0 spiro atoms. The maximum atomic E-state index is 6.00. The molecule has 0 unspecified atom stereocenters. The zero-order valence-corrected chi connectivity index (χ0v) is 13.5. The molecule has 0 saturated heterocycles. The van der Waals surface area contributed by atoms with Crippen LogP contribution < -0.4 is 5.32 Å². The van der Waals surface area contributed by atoms with Gasteiger partial charge in [-0.25, -0.2) is 0 Å². The van der Waals surface area contributed by atoms with Gasteiger partial charge in [0.25, 0.3) is 0 Å². The lowest BCUT2D eigenvalue weighted by atomic mass is 9.93. The minimum Gasteiger partial charge on any atom is -0.361 e. The highest BCUT2D eigenvalue weighted by Gasteiger charge is 2.18. The fourth-order valence-corrected chi connectivity index (χ4v) is 2.92. The van der Waals surface area contributed by atoms with Crippen LogP contribution in [0.15, 0.2) is 24.4 Å². The van der Waals surface area contributed by atoms with Gasteiger partial charge in [0.15, 0.2) is 0 Å². The van der Waals surface area contributed by atoms with Crippen LogP contribution >= 0.6 is 11.6 Å². The van der Waals surface area contributed by atoms with Gasteiger partial charge in [-0.3, -0.25) is 0 Å². The molecule has 0 bridgehead atoms. The van der Waals surface area contributed by atoms with Gasteiger partial charge in [0, 0.05) is 41.8 Å². The second kappa shape index (κ2) is 6.17. The predicted octanol–water partition coefficient (Wildman–Crippen LogP) is 3.50. The molecule has 110 valence electrons. The first-order chi connectivity index (χ1) is 9.37. The van der Waals surface area contributed by atoms with Crippen molar-refractivity contribution in [3.8, 4) is 0 Å². The maximum absolute atomic E-state index is 6.00. The van der Waals surface area contributed by atoms with Gasteiger partial charge in [-0.2, -0.15) is 0 Å². The number of hydrogen-bond acceptors (Lipinski definition) is 2. The van der Waals surface area contributed by atoms with E-state index in [4.69, 9.17) is 11.6 Å². The number of nitrogens with zero attached hydrogens (tertiary/aromatic N) is 1. The first-order valence-corrected chi connectivity index (χ1v) is 7.36. The highest BCUT2D eigenvalue weighted by Crippen LogP contribution is 2.22. The van der Waals surface area contributed by atoms with Crippen LogP contribution in [0.3, 0.4) is 0 Å². The van der Waals surface area contributed by atoms with Crippen molar-refractivity contribution in [2.45, 2.75) is 20.4 Å². The van der Waals surface area contributed by atoms with Crippen LogP contribution in [-0.2, 0) is 6.54 Å². The number of rotatable bonds is 6. The molecule has 1 heterocycles. The standard InChI is InChI=1S/C16H24ClN3/c1-16(2,11-20(3)4)10-18-8-12-9-19-15-7-13(17)5-6-14(12)15/h5-7,9,18-19H,8,10-11H2,1-4H3. The zero-order chi connectivity index (χ0) is 14.8. The molecule has 0 aliphatic carbocycles. The van der Waals surface area contributed by atoms with Gasteiger partial charge >= 0.3 is 0 Å². The van der Waals surface area contributed by atoms with E-state index in [0.717, 1.165) is 30.2 Å². The van der Waals surface area contributed by atoms with E-state index in [1.54, 1.807) is 0 Å². The fourth-order valence-electron chi connectivity index (χ4n) is 2.75. The third kappa shape index (κ3) is 3.98. The van der Waals surface area contributed by atoms with Crippen LogP contribution in [0.1, 0.15) is 19.4 Å². The van der Waals surface area contributed by atoms with Crippen molar-refractivity contribution in [1.82, 2.24) is 15.2 Å². The SMILES string of the molecule is CN(C)CC(C)(C)CNCc1c[nH]c2cc(Cl)ccc12. The molecule has 20 heavy (non-hydrogen) atoms. The van der Waals surface area contributed by atoms with E-state index in [2.05, 4.69) is 55.4 Å². The molecule has 0 aliphatic rings.